The largest absolute Gasteiger partial charge is 0.416 e. The van der Waals surface area contributed by atoms with Gasteiger partial charge in [-0.1, -0.05) is 26.0 Å². The number of alkyl halides is 3. The fourth-order valence-corrected chi connectivity index (χ4v) is 1.79. The van der Waals surface area contributed by atoms with E-state index >= 15 is 0 Å². The predicted octanol–water partition coefficient (Wildman–Crippen LogP) is 3.86. The van der Waals surface area contributed by atoms with Gasteiger partial charge in [0.05, 0.1) is 12.2 Å². The Labute approximate surface area is 118 Å². The Balaban J connectivity index is 2.55. The maximum atomic E-state index is 12.4. The summed E-state index contributed by atoms with van der Waals surface area (Å²) in [5, 5.41) is 3.32. The summed E-state index contributed by atoms with van der Waals surface area (Å²) in [6.07, 6.45) is -4.28. The average Bonchev–Trinajstić information content (AvgIpc) is 2.38. The molecule has 0 heterocycles. The lowest BCUT2D eigenvalue weighted by Crippen LogP contribution is -2.37. The van der Waals surface area contributed by atoms with Gasteiger partial charge in [0.2, 0.25) is 0 Å². The standard InChI is InChI=1S/C15H22F3NO/c1-4-20-10-14(11(2)3)19-9-12-5-7-13(8-6-12)15(16,17)18/h5-8,11,14,19H,4,9-10H2,1-3H3. The molecule has 0 aliphatic carbocycles. The molecule has 0 fully saturated rings. The van der Waals surface area contributed by atoms with Crippen LogP contribution in [0.3, 0.4) is 0 Å². The quantitative estimate of drug-likeness (QED) is 0.823. The maximum absolute atomic E-state index is 12.4. The number of nitrogens with one attached hydrogen (secondary N) is 1. The van der Waals surface area contributed by atoms with Crippen LogP contribution in [0.2, 0.25) is 0 Å². The first-order valence-corrected chi connectivity index (χ1v) is 6.81. The van der Waals surface area contributed by atoms with Crippen LogP contribution < -0.4 is 5.32 Å². The van der Waals surface area contributed by atoms with Gasteiger partial charge in [0.15, 0.2) is 0 Å². The molecule has 2 nitrogen and oxygen atoms in total. The molecule has 1 rings (SSSR count). The molecule has 1 aromatic rings. The summed E-state index contributed by atoms with van der Waals surface area (Å²) >= 11 is 0. The summed E-state index contributed by atoms with van der Waals surface area (Å²) in [5.41, 5.74) is 0.219. The van der Waals surface area contributed by atoms with Crippen LogP contribution in [0.25, 0.3) is 0 Å². The second-order valence-corrected chi connectivity index (χ2v) is 5.09. The van der Waals surface area contributed by atoms with Crippen LogP contribution in [0.4, 0.5) is 13.2 Å². The number of rotatable bonds is 7. The molecule has 0 aliphatic rings. The van der Waals surface area contributed by atoms with Crippen LogP contribution in [0.15, 0.2) is 24.3 Å². The first-order chi connectivity index (χ1) is 9.34. The molecule has 0 spiro atoms. The van der Waals surface area contributed by atoms with Gasteiger partial charge in [0, 0.05) is 19.2 Å². The Bertz CT molecular complexity index is 387. The number of ether oxygens (including phenoxy) is 1. The van der Waals surface area contributed by atoms with Crippen LogP contribution in [0, 0.1) is 5.92 Å². The Hall–Kier alpha value is -1.07. The van der Waals surface area contributed by atoms with Gasteiger partial charge in [-0.2, -0.15) is 13.2 Å². The van der Waals surface area contributed by atoms with Crippen molar-refractivity contribution in [3.8, 4) is 0 Å². The molecule has 0 radical (unpaired) electrons. The predicted molar refractivity (Wildman–Crippen MR) is 73.4 cm³/mol. The zero-order chi connectivity index (χ0) is 15.2. The van der Waals surface area contributed by atoms with Gasteiger partial charge in [-0.3, -0.25) is 0 Å². The summed E-state index contributed by atoms with van der Waals surface area (Å²) in [5.74, 6) is 0.399. The molecule has 114 valence electrons. The highest BCUT2D eigenvalue weighted by molar-refractivity contribution is 5.24. The van der Waals surface area contributed by atoms with E-state index in [2.05, 4.69) is 19.2 Å². The normalized spacial score (nSPS) is 13.8. The number of hydrogen-bond donors (Lipinski definition) is 1. The zero-order valence-electron chi connectivity index (χ0n) is 12.1. The van der Waals surface area contributed by atoms with E-state index in [4.69, 9.17) is 4.74 Å². The molecule has 0 saturated heterocycles. The van der Waals surface area contributed by atoms with Crippen LogP contribution in [0.1, 0.15) is 31.9 Å². The first kappa shape index (κ1) is 17.0. The third kappa shape index (κ3) is 5.51. The smallest absolute Gasteiger partial charge is 0.380 e. The Morgan fingerprint density at radius 1 is 1.15 bits per heavy atom. The lowest BCUT2D eigenvalue weighted by molar-refractivity contribution is -0.137. The topological polar surface area (TPSA) is 21.3 Å². The lowest BCUT2D eigenvalue weighted by atomic mass is 10.0. The zero-order valence-corrected chi connectivity index (χ0v) is 12.1. The maximum Gasteiger partial charge on any atom is 0.416 e. The summed E-state index contributed by atoms with van der Waals surface area (Å²) in [7, 11) is 0. The molecule has 0 bridgehead atoms. The molecule has 20 heavy (non-hydrogen) atoms. The van der Waals surface area contributed by atoms with Crippen molar-refractivity contribution in [2.45, 2.75) is 39.5 Å². The van der Waals surface area contributed by atoms with Gasteiger partial charge in [-0.15, -0.1) is 0 Å². The summed E-state index contributed by atoms with van der Waals surface area (Å²) in [4.78, 5) is 0. The molecule has 1 aromatic carbocycles. The average molecular weight is 289 g/mol. The van der Waals surface area contributed by atoms with Gasteiger partial charge in [-0.25, -0.2) is 0 Å². The van der Waals surface area contributed by atoms with Crippen molar-refractivity contribution in [1.82, 2.24) is 5.32 Å². The van der Waals surface area contributed by atoms with E-state index < -0.39 is 11.7 Å². The van der Waals surface area contributed by atoms with Crippen molar-refractivity contribution in [3.05, 3.63) is 35.4 Å². The molecular formula is C15H22F3NO. The highest BCUT2D eigenvalue weighted by Crippen LogP contribution is 2.29. The number of benzene rings is 1. The Morgan fingerprint density at radius 2 is 1.75 bits per heavy atom. The third-order valence-electron chi connectivity index (χ3n) is 3.16. The van der Waals surface area contributed by atoms with Gasteiger partial charge >= 0.3 is 6.18 Å². The minimum atomic E-state index is -4.28. The molecule has 0 amide bonds. The summed E-state index contributed by atoms with van der Waals surface area (Å²) < 4.78 is 42.7. The number of hydrogen-bond acceptors (Lipinski definition) is 2. The monoisotopic (exact) mass is 289 g/mol. The van der Waals surface area contributed by atoms with E-state index in [1.54, 1.807) is 0 Å². The van der Waals surface area contributed by atoms with Gasteiger partial charge in [-0.05, 0) is 30.5 Å². The minimum absolute atomic E-state index is 0.192. The highest BCUT2D eigenvalue weighted by atomic mass is 19.4. The highest BCUT2D eigenvalue weighted by Gasteiger charge is 2.29. The number of halogens is 3. The molecule has 1 atom stereocenters. The lowest BCUT2D eigenvalue weighted by Gasteiger charge is -2.22. The van der Waals surface area contributed by atoms with Crippen LogP contribution in [-0.2, 0) is 17.5 Å². The van der Waals surface area contributed by atoms with E-state index in [0.29, 0.717) is 25.7 Å². The van der Waals surface area contributed by atoms with Crippen molar-refractivity contribution < 1.29 is 17.9 Å². The molecule has 0 aromatic heterocycles. The van der Waals surface area contributed by atoms with Crippen LogP contribution >= 0.6 is 0 Å². The van der Waals surface area contributed by atoms with Gasteiger partial charge in [0.1, 0.15) is 0 Å². The SMILES string of the molecule is CCOCC(NCc1ccc(C(F)(F)F)cc1)C(C)C. The van der Waals surface area contributed by atoms with Crippen molar-refractivity contribution in [2.75, 3.05) is 13.2 Å². The van der Waals surface area contributed by atoms with E-state index in [1.807, 2.05) is 6.92 Å². The molecule has 1 unspecified atom stereocenters. The first-order valence-electron chi connectivity index (χ1n) is 6.81. The van der Waals surface area contributed by atoms with Crippen LogP contribution in [-0.4, -0.2) is 19.3 Å². The second-order valence-electron chi connectivity index (χ2n) is 5.09. The van der Waals surface area contributed by atoms with Crippen molar-refractivity contribution in [3.63, 3.8) is 0 Å². The third-order valence-corrected chi connectivity index (χ3v) is 3.16. The van der Waals surface area contributed by atoms with E-state index in [9.17, 15) is 13.2 Å². The van der Waals surface area contributed by atoms with Gasteiger partial charge in [0.25, 0.3) is 0 Å². The molecule has 5 heteroatoms. The molecule has 1 N–H and O–H groups in total. The fraction of sp³-hybridized carbons (Fsp3) is 0.600. The van der Waals surface area contributed by atoms with Crippen molar-refractivity contribution >= 4 is 0 Å². The Morgan fingerprint density at radius 3 is 2.20 bits per heavy atom. The molecule has 0 aliphatic heterocycles. The van der Waals surface area contributed by atoms with Crippen molar-refractivity contribution in [1.29, 1.82) is 0 Å². The summed E-state index contributed by atoms with van der Waals surface area (Å²) in [6, 6.07) is 5.44. The summed E-state index contributed by atoms with van der Waals surface area (Å²) in [6.45, 7) is 7.91. The van der Waals surface area contributed by atoms with E-state index in [-0.39, 0.29) is 6.04 Å². The molecule has 0 saturated carbocycles. The van der Waals surface area contributed by atoms with Crippen LogP contribution in [0.5, 0.6) is 0 Å². The second kappa shape index (κ2) is 7.64. The van der Waals surface area contributed by atoms with Gasteiger partial charge < -0.3 is 10.1 Å². The minimum Gasteiger partial charge on any atom is -0.380 e. The molecular weight excluding hydrogens is 267 g/mol. The fourth-order valence-electron chi connectivity index (χ4n) is 1.79. The van der Waals surface area contributed by atoms with E-state index in [0.717, 1.165) is 17.7 Å². The van der Waals surface area contributed by atoms with Crippen molar-refractivity contribution in [2.24, 2.45) is 5.92 Å². The Kier molecular flexibility index (Phi) is 6.49. The van der Waals surface area contributed by atoms with E-state index in [1.165, 1.54) is 12.1 Å².